The summed E-state index contributed by atoms with van der Waals surface area (Å²) in [5.41, 5.74) is 0.831. The Balaban J connectivity index is 1.76. The molecule has 2 aromatic carbocycles. The molecule has 1 saturated carbocycles. The van der Waals surface area contributed by atoms with E-state index in [1.807, 2.05) is 30.3 Å². The first-order chi connectivity index (χ1) is 17.7. The highest BCUT2D eigenvalue weighted by atomic mass is 35.5. The first kappa shape index (κ1) is 26.8. The lowest BCUT2D eigenvalue weighted by molar-refractivity contribution is -0.215. The van der Waals surface area contributed by atoms with E-state index in [1.54, 1.807) is 24.3 Å². The summed E-state index contributed by atoms with van der Waals surface area (Å²) in [6.45, 7) is 0.734. The molecule has 2 atom stereocenters. The molecule has 1 fully saturated rings. The number of nitrogens with one attached hydrogen (secondary N) is 2. The number of carbonyl (C=O) groups is 1. The average Bonchev–Trinajstić information content (AvgIpc) is 3.37. The van der Waals surface area contributed by atoms with Crippen LogP contribution in [0.4, 0.5) is 18.0 Å². The molecule has 0 bridgehead atoms. The number of alkyl halides is 3. The molecule has 1 aliphatic rings. The van der Waals surface area contributed by atoms with Crippen LogP contribution in [-0.4, -0.2) is 29.3 Å². The number of hydrogen-bond donors (Lipinski definition) is 2. The van der Waals surface area contributed by atoms with Crippen molar-refractivity contribution in [3.8, 4) is 5.75 Å². The predicted octanol–water partition coefficient (Wildman–Crippen LogP) is 6.79. The first-order valence-corrected chi connectivity index (χ1v) is 12.6. The third kappa shape index (κ3) is 6.55. The quantitative estimate of drug-likeness (QED) is 0.319. The number of aromatic nitrogens is 1. The highest BCUT2D eigenvalue weighted by Crippen LogP contribution is 2.35. The lowest BCUT2D eigenvalue weighted by atomic mass is 9.80. The summed E-state index contributed by atoms with van der Waals surface area (Å²) in [6, 6.07) is 18.5. The van der Waals surface area contributed by atoms with Crippen LogP contribution in [0.1, 0.15) is 49.4 Å². The van der Waals surface area contributed by atoms with Crippen LogP contribution in [0.5, 0.6) is 5.75 Å². The Bertz CT molecular complexity index is 1170. The molecule has 9 heteroatoms. The van der Waals surface area contributed by atoms with E-state index in [0.717, 1.165) is 38.2 Å². The number of nitrogens with zero attached hydrogens (tertiary/aromatic N) is 1. The van der Waals surface area contributed by atoms with Crippen LogP contribution in [0.15, 0.2) is 72.9 Å². The molecular formula is C28H29ClF3N3O2. The second-order valence-electron chi connectivity index (χ2n) is 9.31. The van der Waals surface area contributed by atoms with Gasteiger partial charge in [-0.3, -0.25) is 4.98 Å². The van der Waals surface area contributed by atoms with Crippen molar-refractivity contribution in [3.05, 3.63) is 94.8 Å². The van der Waals surface area contributed by atoms with E-state index < -0.39 is 17.8 Å². The lowest BCUT2D eigenvalue weighted by Crippen LogP contribution is -2.54. The summed E-state index contributed by atoms with van der Waals surface area (Å²) in [5.74, 6) is -0.202. The second kappa shape index (κ2) is 11.4. The minimum absolute atomic E-state index is 0.0771. The van der Waals surface area contributed by atoms with Crippen molar-refractivity contribution in [3.63, 3.8) is 0 Å². The van der Waals surface area contributed by atoms with Gasteiger partial charge in [0.1, 0.15) is 11.3 Å². The van der Waals surface area contributed by atoms with Gasteiger partial charge in [0.15, 0.2) is 0 Å². The Hall–Kier alpha value is -3.26. The number of ether oxygens (including phenoxy) is 1. The largest absolute Gasteiger partial charge is 0.430 e. The molecule has 0 aliphatic heterocycles. The van der Waals surface area contributed by atoms with E-state index in [1.165, 1.54) is 18.3 Å². The molecule has 2 N–H and O–H groups in total. The number of urea groups is 1. The summed E-state index contributed by atoms with van der Waals surface area (Å²) in [4.78, 5) is 17.8. The van der Waals surface area contributed by atoms with Crippen LogP contribution in [0.2, 0.25) is 5.02 Å². The highest BCUT2D eigenvalue weighted by Gasteiger charge is 2.41. The maximum atomic E-state index is 13.8. The van der Waals surface area contributed by atoms with Crippen molar-refractivity contribution in [2.75, 3.05) is 0 Å². The standard InChI is InChI=1S/C28H29ClF3N3O2/c1-19(30)28(31,32)37-24-14-11-21(12-15-24)27(17-20-7-3-2-4-8-20,25-16-13-22(29)18-33-25)35-26(36)34-23-9-5-6-10-23/h2-4,7-8,11-16,18-19,23H,5-6,9-10,17H2,1H3,(H2,34,35,36). The van der Waals surface area contributed by atoms with Crippen molar-refractivity contribution in [1.29, 1.82) is 0 Å². The van der Waals surface area contributed by atoms with Crippen molar-refractivity contribution < 1.29 is 22.7 Å². The zero-order valence-electron chi connectivity index (χ0n) is 20.4. The fourth-order valence-electron chi connectivity index (χ4n) is 4.58. The molecule has 1 aromatic heterocycles. The summed E-state index contributed by atoms with van der Waals surface area (Å²) in [6.07, 6.45) is -0.711. The van der Waals surface area contributed by atoms with Gasteiger partial charge >= 0.3 is 12.1 Å². The van der Waals surface area contributed by atoms with Gasteiger partial charge in [-0.25, -0.2) is 9.18 Å². The van der Waals surface area contributed by atoms with E-state index in [4.69, 9.17) is 11.6 Å². The van der Waals surface area contributed by atoms with Crippen LogP contribution in [-0.2, 0) is 12.0 Å². The summed E-state index contributed by atoms with van der Waals surface area (Å²) in [5, 5.41) is 6.63. The lowest BCUT2D eigenvalue weighted by Gasteiger charge is -2.36. The molecule has 0 saturated heterocycles. The number of carbonyl (C=O) groups excluding carboxylic acids is 1. The molecule has 0 radical (unpaired) electrons. The number of benzene rings is 2. The third-order valence-electron chi connectivity index (χ3n) is 6.56. The van der Waals surface area contributed by atoms with E-state index in [9.17, 15) is 18.0 Å². The Morgan fingerprint density at radius 2 is 1.76 bits per heavy atom. The Morgan fingerprint density at radius 3 is 2.35 bits per heavy atom. The van der Waals surface area contributed by atoms with Gasteiger partial charge < -0.3 is 15.4 Å². The summed E-state index contributed by atoms with van der Waals surface area (Å²) in [7, 11) is 0. The zero-order chi connectivity index (χ0) is 26.5. The van der Waals surface area contributed by atoms with Crippen LogP contribution < -0.4 is 15.4 Å². The number of halogens is 4. The fraction of sp³-hybridized carbons (Fsp3) is 0.357. The number of amides is 2. The molecule has 2 amide bonds. The van der Waals surface area contributed by atoms with Crippen molar-refractivity contribution in [2.45, 2.75) is 62.9 Å². The average molecular weight is 532 g/mol. The highest BCUT2D eigenvalue weighted by molar-refractivity contribution is 6.30. The van der Waals surface area contributed by atoms with Crippen LogP contribution >= 0.6 is 11.6 Å². The van der Waals surface area contributed by atoms with E-state index in [0.29, 0.717) is 22.7 Å². The number of hydrogen-bond acceptors (Lipinski definition) is 3. The second-order valence-corrected chi connectivity index (χ2v) is 9.75. The number of pyridine rings is 1. The predicted molar refractivity (Wildman–Crippen MR) is 137 cm³/mol. The third-order valence-corrected chi connectivity index (χ3v) is 6.78. The van der Waals surface area contributed by atoms with Gasteiger partial charge in [0.2, 0.25) is 6.17 Å². The van der Waals surface area contributed by atoms with Gasteiger partial charge in [-0.1, -0.05) is 66.9 Å². The summed E-state index contributed by atoms with van der Waals surface area (Å²) >= 11 is 6.11. The van der Waals surface area contributed by atoms with Crippen molar-refractivity contribution in [1.82, 2.24) is 15.6 Å². The molecule has 0 spiro atoms. The van der Waals surface area contributed by atoms with Gasteiger partial charge in [0.25, 0.3) is 0 Å². The first-order valence-electron chi connectivity index (χ1n) is 12.2. The van der Waals surface area contributed by atoms with E-state index in [2.05, 4.69) is 20.4 Å². The van der Waals surface area contributed by atoms with Gasteiger partial charge in [-0.05, 0) is 55.2 Å². The van der Waals surface area contributed by atoms with E-state index in [-0.39, 0.29) is 17.8 Å². The van der Waals surface area contributed by atoms with Crippen LogP contribution in [0.3, 0.4) is 0 Å². The van der Waals surface area contributed by atoms with Gasteiger partial charge in [0.05, 0.1) is 10.7 Å². The van der Waals surface area contributed by atoms with Crippen LogP contribution in [0, 0.1) is 0 Å². The molecular weight excluding hydrogens is 503 g/mol. The molecule has 4 rings (SSSR count). The minimum Gasteiger partial charge on any atom is -0.430 e. The Morgan fingerprint density at radius 1 is 1.08 bits per heavy atom. The SMILES string of the molecule is CC(F)C(F)(F)Oc1ccc(C(Cc2ccccc2)(NC(=O)NC2CCCC2)c2ccc(Cl)cn2)cc1. The molecule has 37 heavy (non-hydrogen) atoms. The van der Waals surface area contributed by atoms with Crippen molar-refractivity contribution in [2.24, 2.45) is 0 Å². The molecule has 2 unspecified atom stereocenters. The summed E-state index contributed by atoms with van der Waals surface area (Å²) < 4.78 is 45.6. The molecule has 5 nitrogen and oxygen atoms in total. The molecule has 1 aliphatic carbocycles. The van der Waals surface area contributed by atoms with Gasteiger partial charge in [0, 0.05) is 18.7 Å². The fourth-order valence-corrected chi connectivity index (χ4v) is 4.69. The molecule has 1 heterocycles. The maximum absolute atomic E-state index is 13.8. The Kier molecular flexibility index (Phi) is 8.27. The van der Waals surface area contributed by atoms with Crippen molar-refractivity contribution >= 4 is 17.6 Å². The smallest absolute Gasteiger partial charge is 0.429 e. The molecule has 3 aromatic rings. The molecule has 196 valence electrons. The number of rotatable bonds is 9. The monoisotopic (exact) mass is 531 g/mol. The minimum atomic E-state index is -3.97. The van der Waals surface area contributed by atoms with Crippen LogP contribution in [0.25, 0.3) is 0 Å². The van der Waals surface area contributed by atoms with Gasteiger partial charge in [-0.2, -0.15) is 8.78 Å². The van der Waals surface area contributed by atoms with E-state index >= 15 is 0 Å². The zero-order valence-corrected chi connectivity index (χ0v) is 21.1. The topological polar surface area (TPSA) is 63.2 Å². The van der Waals surface area contributed by atoms with Gasteiger partial charge in [-0.15, -0.1) is 0 Å². The normalized spacial score (nSPS) is 16.6. The maximum Gasteiger partial charge on any atom is 0.429 e. The Labute approximate surface area is 219 Å².